The van der Waals surface area contributed by atoms with Gasteiger partial charge in [-0.2, -0.15) is 0 Å². The van der Waals surface area contributed by atoms with Gasteiger partial charge in [-0.05, 0) is 45.8 Å². The van der Waals surface area contributed by atoms with E-state index in [-0.39, 0.29) is 11.7 Å². The van der Waals surface area contributed by atoms with Gasteiger partial charge in [-0.25, -0.2) is 4.39 Å². The van der Waals surface area contributed by atoms with Crippen LogP contribution in [-0.4, -0.2) is 20.5 Å². The van der Waals surface area contributed by atoms with Crippen LogP contribution in [0.4, 0.5) is 10.1 Å². The monoisotopic (exact) mass is 360 g/mol. The summed E-state index contributed by atoms with van der Waals surface area (Å²) in [5.41, 5.74) is 1.82. The molecule has 7 heteroatoms. The fraction of sp³-hybridized carbons (Fsp3) is 0. The molecule has 22 heavy (non-hydrogen) atoms. The molecule has 1 amide bonds. The first-order valence-corrected chi connectivity index (χ1v) is 7.14. The lowest BCUT2D eigenvalue weighted by atomic mass is 10.2. The van der Waals surface area contributed by atoms with Gasteiger partial charge in [0.1, 0.15) is 12.1 Å². The highest BCUT2D eigenvalue weighted by molar-refractivity contribution is 9.10. The summed E-state index contributed by atoms with van der Waals surface area (Å²) in [6.07, 6.45) is 6.32. The smallest absolute Gasteiger partial charge is 0.248 e. The van der Waals surface area contributed by atoms with Gasteiger partial charge in [0.05, 0.1) is 5.69 Å². The number of hydrogen-bond acceptors (Lipinski definition) is 3. The van der Waals surface area contributed by atoms with Gasteiger partial charge in [0.2, 0.25) is 5.91 Å². The molecule has 0 aliphatic heterocycles. The zero-order valence-electron chi connectivity index (χ0n) is 11.2. The summed E-state index contributed by atoms with van der Waals surface area (Å²) in [6.45, 7) is 0. The van der Waals surface area contributed by atoms with Crippen LogP contribution in [0.2, 0.25) is 0 Å². The van der Waals surface area contributed by atoms with Crippen molar-refractivity contribution in [3.8, 4) is 0 Å². The summed E-state index contributed by atoms with van der Waals surface area (Å²) in [7, 11) is 0. The van der Waals surface area contributed by atoms with Crippen molar-refractivity contribution in [2.24, 2.45) is 0 Å². The maximum atomic E-state index is 12.8. The summed E-state index contributed by atoms with van der Waals surface area (Å²) in [6, 6.07) is 7.61. The van der Waals surface area contributed by atoms with E-state index < -0.39 is 0 Å². The molecular weight excluding hydrogens is 351 g/mol. The number of halogens is 2. The minimum absolute atomic E-state index is 0.313. The van der Waals surface area contributed by atoms with E-state index in [1.807, 2.05) is 0 Å². The third kappa shape index (κ3) is 3.20. The molecule has 0 aliphatic carbocycles. The number of anilines is 1. The molecule has 0 spiro atoms. The molecule has 3 aromatic rings. The van der Waals surface area contributed by atoms with Crippen LogP contribution in [0.5, 0.6) is 0 Å². The van der Waals surface area contributed by atoms with Crippen molar-refractivity contribution in [2.75, 3.05) is 5.32 Å². The predicted octanol–water partition coefficient (Wildman–Crippen LogP) is 3.28. The number of nitrogens with zero attached hydrogens (tertiary/aromatic N) is 3. The van der Waals surface area contributed by atoms with Crippen LogP contribution in [0.3, 0.4) is 0 Å². The van der Waals surface area contributed by atoms with E-state index in [2.05, 4.69) is 31.4 Å². The van der Waals surface area contributed by atoms with Crippen LogP contribution in [-0.2, 0) is 4.79 Å². The highest BCUT2D eigenvalue weighted by atomic mass is 79.9. The van der Waals surface area contributed by atoms with Gasteiger partial charge in [-0.1, -0.05) is 12.1 Å². The maximum Gasteiger partial charge on any atom is 0.248 e. The topological polar surface area (TPSA) is 59.3 Å². The van der Waals surface area contributed by atoms with Crippen LogP contribution in [0.1, 0.15) is 5.56 Å². The highest BCUT2D eigenvalue weighted by Crippen LogP contribution is 2.20. The Labute approximate surface area is 133 Å². The number of aromatic nitrogens is 3. The molecule has 3 rings (SSSR count). The zero-order chi connectivity index (χ0) is 15.5. The first-order chi connectivity index (χ1) is 10.6. The molecule has 110 valence electrons. The lowest BCUT2D eigenvalue weighted by Gasteiger charge is -2.04. The van der Waals surface area contributed by atoms with Gasteiger partial charge in [0, 0.05) is 16.7 Å². The molecule has 0 saturated carbocycles. The van der Waals surface area contributed by atoms with Crippen molar-refractivity contribution in [3.05, 3.63) is 64.8 Å². The van der Waals surface area contributed by atoms with Crippen LogP contribution in [0.15, 0.2) is 53.4 Å². The molecular formula is C15H10BrFN4O. The van der Waals surface area contributed by atoms with Crippen LogP contribution in [0, 0.1) is 5.82 Å². The van der Waals surface area contributed by atoms with Gasteiger partial charge in [-0.15, -0.1) is 10.2 Å². The Kier molecular flexibility index (Phi) is 3.97. The molecule has 2 aromatic heterocycles. The number of carbonyl (C=O) groups is 1. The first kappa shape index (κ1) is 14.4. The third-order valence-corrected chi connectivity index (χ3v) is 3.35. The minimum atomic E-state index is -0.315. The summed E-state index contributed by atoms with van der Waals surface area (Å²) < 4.78 is 15.3. The molecule has 1 aromatic carbocycles. The number of amides is 1. The average Bonchev–Trinajstić information content (AvgIpc) is 2.95. The highest BCUT2D eigenvalue weighted by Gasteiger charge is 2.07. The van der Waals surface area contributed by atoms with E-state index in [4.69, 9.17) is 0 Å². The van der Waals surface area contributed by atoms with Gasteiger partial charge in [-0.3, -0.25) is 9.20 Å². The molecule has 0 bridgehead atoms. The number of benzene rings is 1. The van der Waals surface area contributed by atoms with Gasteiger partial charge in [0.15, 0.2) is 5.65 Å². The number of carbonyl (C=O) groups excluding carboxylic acids is 1. The van der Waals surface area contributed by atoms with Crippen molar-refractivity contribution in [2.45, 2.75) is 0 Å². The summed E-state index contributed by atoms with van der Waals surface area (Å²) in [5, 5.41) is 10.5. The van der Waals surface area contributed by atoms with Crippen molar-refractivity contribution < 1.29 is 9.18 Å². The van der Waals surface area contributed by atoms with Crippen LogP contribution >= 0.6 is 15.9 Å². The molecule has 0 atom stereocenters. The van der Waals surface area contributed by atoms with Crippen LogP contribution in [0.25, 0.3) is 11.7 Å². The predicted molar refractivity (Wildman–Crippen MR) is 84.8 cm³/mol. The van der Waals surface area contributed by atoms with E-state index in [0.717, 1.165) is 10.0 Å². The number of rotatable bonds is 3. The number of hydrogen-bond donors (Lipinski definition) is 1. The zero-order valence-corrected chi connectivity index (χ0v) is 12.8. The molecule has 0 aliphatic rings. The second-order valence-electron chi connectivity index (χ2n) is 4.51. The number of pyridine rings is 1. The minimum Gasteiger partial charge on any atom is -0.319 e. The first-order valence-electron chi connectivity index (χ1n) is 6.35. The second-order valence-corrected chi connectivity index (χ2v) is 5.42. The largest absolute Gasteiger partial charge is 0.319 e. The standard InChI is InChI=1S/C15H10BrFN4O/c16-11-7-13(15-20-18-9-21(15)8-11)19-14(22)6-3-10-1-4-12(17)5-2-10/h1-9H,(H,19,22)/b6-3+. The number of nitrogens with one attached hydrogen (secondary N) is 1. The Bertz CT molecular complexity index is 858. The molecule has 0 radical (unpaired) electrons. The molecule has 5 nitrogen and oxygen atoms in total. The molecule has 0 unspecified atom stereocenters. The van der Waals surface area contributed by atoms with Gasteiger partial charge >= 0.3 is 0 Å². The number of fused-ring (bicyclic) bond motifs is 1. The fourth-order valence-corrected chi connectivity index (χ4v) is 2.36. The Morgan fingerprint density at radius 3 is 2.86 bits per heavy atom. The van der Waals surface area contributed by atoms with E-state index in [1.54, 1.807) is 41.2 Å². The second kappa shape index (κ2) is 6.07. The van der Waals surface area contributed by atoms with Crippen molar-refractivity contribution in [1.29, 1.82) is 0 Å². The third-order valence-electron chi connectivity index (χ3n) is 2.91. The van der Waals surface area contributed by atoms with Crippen molar-refractivity contribution >= 4 is 39.2 Å². The van der Waals surface area contributed by atoms with Gasteiger partial charge < -0.3 is 5.32 Å². The lowest BCUT2D eigenvalue weighted by molar-refractivity contribution is -0.111. The fourth-order valence-electron chi connectivity index (χ4n) is 1.91. The Balaban J connectivity index is 1.78. The van der Waals surface area contributed by atoms with E-state index in [1.165, 1.54) is 18.2 Å². The average molecular weight is 361 g/mol. The van der Waals surface area contributed by atoms with Gasteiger partial charge in [0.25, 0.3) is 0 Å². The Hall–Kier alpha value is -2.54. The lowest BCUT2D eigenvalue weighted by Crippen LogP contribution is -2.09. The normalized spacial score (nSPS) is 11.2. The summed E-state index contributed by atoms with van der Waals surface area (Å²) >= 11 is 3.36. The SMILES string of the molecule is O=C(/C=C/c1ccc(F)cc1)Nc1cc(Br)cn2cnnc12. The molecule has 1 N–H and O–H groups in total. The van der Waals surface area contributed by atoms with E-state index in [0.29, 0.717) is 11.3 Å². The Morgan fingerprint density at radius 2 is 2.09 bits per heavy atom. The van der Waals surface area contributed by atoms with Crippen molar-refractivity contribution in [1.82, 2.24) is 14.6 Å². The maximum absolute atomic E-state index is 12.8. The van der Waals surface area contributed by atoms with E-state index >= 15 is 0 Å². The van der Waals surface area contributed by atoms with Crippen LogP contribution < -0.4 is 5.32 Å². The van der Waals surface area contributed by atoms with E-state index in [9.17, 15) is 9.18 Å². The summed E-state index contributed by atoms with van der Waals surface area (Å²) in [4.78, 5) is 12.0. The Morgan fingerprint density at radius 1 is 1.32 bits per heavy atom. The molecule has 0 saturated heterocycles. The molecule has 2 heterocycles. The summed E-state index contributed by atoms with van der Waals surface area (Å²) in [5.74, 6) is -0.628. The quantitative estimate of drug-likeness (QED) is 0.729. The van der Waals surface area contributed by atoms with Crippen molar-refractivity contribution in [3.63, 3.8) is 0 Å². The molecule has 0 fully saturated rings.